The van der Waals surface area contributed by atoms with Gasteiger partial charge in [-0.05, 0) is 49.2 Å². The van der Waals surface area contributed by atoms with Gasteiger partial charge in [-0.2, -0.15) is 0 Å². The Morgan fingerprint density at radius 3 is 2.71 bits per heavy atom. The number of hydrazine groups is 1. The first kappa shape index (κ1) is 15.9. The van der Waals surface area contributed by atoms with Crippen molar-refractivity contribution < 1.29 is 9.13 Å². The average Bonchev–Trinajstić information content (AvgIpc) is 2.43. The fraction of sp³-hybridized carbons (Fsp3) is 0.267. The van der Waals surface area contributed by atoms with Gasteiger partial charge in [0.05, 0.1) is 18.3 Å². The van der Waals surface area contributed by atoms with Crippen molar-refractivity contribution in [3.8, 4) is 5.75 Å². The first-order chi connectivity index (χ1) is 10.0. The quantitative estimate of drug-likeness (QED) is 0.639. The Bertz CT molecular complexity index is 622. The minimum Gasteiger partial charge on any atom is -0.489 e. The summed E-state index contributed by atoms with van der Waals surface area (Å²) in [5.41, 5.74) is 4.18. The summed E-state index contributed by atoms with van der Waals surface area (Å²) in [5.74, 6) is 5.97. The van der Waals surface area contributed by atoms with Gasteiger partial charge >= 0.3 is 0 Å². The summed E-state index contributed by atoms with van der Waals surface area (Å²) >= 11 is 3.41. The molecule has 6 heteroatoms. The maximum atomic E-state index is 13.5. The number of nitrogens with zero attached hydrogens (tertiary/aromatic N) is 1. The summed E-state index contributed by atoms with van der Waals surface area (Å²) in [7, 11) is 0. The lowest BCUT2D eigenvalue weighted by Crippen LogP contribution is -2.29. The second kappa shape index (κ2) is 6.98. The predicted molar refractivity (Wildman–Crippen MR) is 83.3 cm³/mol. The number of ether oxygens (including phenoxy) is 1. The molecule has 1 unspecified atom stereocenters. The minimum atomic E-state index is -0.390. The zero-order valence-electron chi connectivity index (χ0n) is 11.8. The molecule has 0 amide bonds. The van der Waals surface area contributed by atoms with Crippen LogP contribution in [-0.4, -0.2) is 11.1 Å². The highest BCUT2D eigenvalue weighted by atomic mass is 79.9. The van der Waals surface area contributed by atoms with Gasteiger partial charge in [0.25, 0.3) is 0 Å². The maximum Gasteiger partial charge on any atom is 0.138 e. The van der Waals surface area contributed by atoms with Gasteiger partial charge in [0.1, 0.15) is 11.6 Å². The van der Waals surface area contributed by atoms with Crippen molar-refractivity contribution >= 4 is 15.9 Å². The summed E-state index contributed by atoms with van der Waals surface area (Å²) in [6, 6.07) is 5.92. The topological polar surface area (TPSA) is 60.2 Å². The molecule has 0 aliphatic carbocycles. The molecule has 0 bridgehead atoms. The van der Waals surface area contributed by atoms with Gasteiger partial charge in [-0.3, -0.25) is 10.8 Å². The van der Waals surface area contributed by atoms with Gasteiger partial charge in [-0.15, -0.1) is 0 Å². The van der Waals surface area contributed by atoms with Crippen LogP contribution in [-0.2, 0) is 0 Å². The number of hydrogen-bond donors (Lipinski definition) is 2. The van der Waals surface area contributed by atoms with E-state index in [9.17, 15) is 4.39 Å². The lowest BCUT2D eigenvalue weighted by Gasteiger charge is -2.19. The molecule has 1 aromatic carbocycles. The van der Waals surface area contributed by atoms with Gasteiger partial charge in [0, 0.05) is 10.7 Å². The highest BCUT2D eigenvalue weighted by Crippen LogP contribution is 2.30. The Hall–Kier alpha value is -1.50. The van der Waals surface area contributed by atoms with Crippen LogP contribution < -0.4 is 16.0 Å². The SMILES string of the molecule is CC(C)Oc1cncc(C(NN)c2cc(F)ccc2Br)c1. The van der Waals surface area contributed by atoms with Gasteiger partial charge in [-0.25, -0.2) is 9.82 Å². The van der Waals surface area contributed by atoms with Crippen molar-refractivity contribution in [3.63, 3.8) is 0 Å². The summed E-state index contributed by atoms with van der Waals surface area (Å²) in [5, 5.41) is 0. The third kappa shape index (κ3) is 4.00. The smallest absolute Gasteiger partial charge is 0.138 e. The Morgan fingerprint density at radius 1 is 1.29 bits per heavy atom. The van der Waals surface area contributed by atoms with Crippen molar-refractivity contribution in [1.82, 2.24) is 10.4 Å². The fourth-order valence-electron chi connectivity index (χ4n) is 2.03. The lowest BCUT2D eigenvalue weighted by molar-refractivity contribution is 0.241. The first-order valence-electron chi connectivity index (χ1n) is 6.54. The Labute approximate surface area is 131 Å². The van der Waals surface area contributed by atoms with E-state index >= 15 is 0 Å². The van der Waals surface area contributed by atoms with E-state index in [2.05, 4.69) is 26.3 Å². The van der Waals surface area contributed by atoms with Gasteiger partial charge in [0.2, 0.25) is 0 Å². The second-order valence-corrected chi connectivity index (χ2v) is 5.74. The molecule has 2 rings (SSSR count). The van der Waals surface area contributed by atoms with E-state index in [1.807, 2.05) is 19.9 Å². The van der Waals surface area contributed by atoms with Crippen molar-refractivity contribution in [1.29, 1.82) is 0 Å². The molecule has 0 aliphatic rings. The number of rotatable bonds is 5. The number of aromatic nitrogens is 1. The Balaban J connectivity index is 2.39. The molecule has 1 atom stereocenters. The van der Waals surface area contributed by atoms with Crippen LogP contribution in [0.15, 0.2) is 41.1 Å². The highest BCUT2D eigenvalue weighted by molar-refractivity contribution is 9.10. The molecule has 1 aromatic heterocycles. The van der Waals surface area contributed by atoms with E-state index in [-0.39, 0.29) is 11.9 Å². The molecule has 3 N–H and O–H groups in total. The number of pyridine rings is 1. The van der Waals surface area contributed by atoms with E-state index in [1.165, 1.54) is 12.1 Å². The monoisotopic (exact) mass is 353 g/mol. The van der Waals surface area contributed by atoms with Crippen LogP contribution in [0.3, 0.4) is 0 Å². The van der Waals surface area contributed by atoms with Crippen LogP contribution in [0.2, 0.25) is 0 Å². The summed E-state index contributed by atoms with van der Waals surface area (Å²) in [4.78, 5) is 4.15. The van der Waals surface area contributed by atoms with E-state index in [1.54, 1.807) is 18.5 Å². The van der Waals surface area contributed by atoms with Crippen LogP contribution in [0, 0.1) is 5.82 Å². The second-order valence-electron chi connectivity index (χ2n) is 4.89. The van der Waals surface area contributed by atoms with Crippen LogP contribution in [0.25, 0.3) is 0 Å². The molecule has 0 radical (unpaired) electrons. The molecule has 1 heterocycles. The summed E-state index contributed by atoms with van der Waals surface area (Å²) in [6.45, 7) is 3.88. The third-order valence-corrected chi connectivity index (χ3v) is 3.60. The van der Waals surface area contributed by atoms with Gasteiger partial charge in [-0.1, -0.05) is 15.9 Å². The van der Waals surface area contributed by atoms with E-state index < -0.39 is 6.04 Å². The van der Waals surface area contributed by atoms with Crippen LogP contribution in [0.5, 0.6) is 5.75 Å². The lowest BCUT2D eigenvalue weighted by atomic mass is 10.0. The third-order valence-electron chi connectivity index (χ3n) is 2.88. The number of halogens is 2. The molecule has 4 nitrogen and oxygen atoms in total. The Morgan fingerprint density at radius 2 is 2.05 bits per heavy atom. The first-order valence-corrected chi connectivity index (χ1v) is 7.33. The zero-order valence-corrected chi connectivity index (χ0v) is 13.4. The summed E-state index contributed by atoms with van der Waals surface area (Å²) < 4.78 is 19.9. The molecule has 0 saturated carbocycles. The Kier molecular flexibility index (Phi) is 5.27. The molecular formula is C15H17BrFN3O. The largest absolute Gasteiger partial charge is 0.489 e. The fourth-order valence-corrected chi connectivity index (χ4v) is 2.51. The van der Waals surface area contributed by atoms with Crippen molar-refractivity contribution in [2.75, 3.05) is 0 Å². The highest BCUT2D eigenvalue weighted by Gasteiger charge is 2.17. The van der Waals surface area contributed by atoms with E-state index in [0.717, 1.165) is 10.0 Å². The maximum absolute atomic E-state index is 13.5. The molecule has 21 heavy (non-hydrogen) atoms. The number of nitrogens with two attached hydrogens (primary N) is 1. The molecule has 0 spiro atoms. The molecule has 0 fully saturated rings. The van der Waals surface area contributed by atoms with Crippen LogP contribution in [0.1, 0.15) is 31.0 Å². The molecule has 2 aromatic rings. The molecule has 0 aliphatic heterocycles. The molecular weight excluding hydrogens is 337 g/mol. The van der Waals surface area contributed by atoms with E-state index in [0.29, 0.717) is 11.3 Å². The molecule has 112 valence electrons. The number of benzene rings is 1. The zero-order chi connectivity index (χ0) is 15.4. The van der Waals surface area contributed by atoms with Crippen molar-refractivity contribution in [3.05, 3.63) is 58.1 Å². The molecule has 0 saturated heterocycles. The number of hydrogen-bond acceptors (Lipinski definition) is 4. The standard InChI is InChI=1S/C15H17BrFN3O/c1-9(2)21-12-5-10(7-19-8-12)15(20-18)13-6-11(17)3-4-14(13)16/h3-9,15,20H,18H2,1-2H3. The predicted octanol–water partition coefficient (Wildman–Crippen LogP) is 3.32. The van der Waals surface area contributed by atoms with E-state index in [4.69, 9.17) is 10.6 Å². The number of nitrogens with one attached hydrogen (secondary N) is 1. The van der Waals surface area contributed by atoms with Gasteiger partial charge in [0.15, 0.2) is 0 Å². The van der Waals surface area contributed by atoms with Crippen molar-refractivity contribution in [2.24, 2.45) is 5.84 Å². The summed E-state index contributed by atoms with van der Waals surface area (Å²) in [6.07, 6.45) is 3.36. The van der Waals surface area contributed by atoms with Gasteiger partial charge < -0.3 is 4.74 Å². The average molecular weight is 354 g/mol. The minimum absolute atomic E-state index is 0.0484. The van der Waals surface area contributed by atoms with Crippen LogP contribution >= 0.6 is 15.9 Å². The van der Waals surface area contributed by atoms with Crippen molar-refractivity contribution in [2.45, 2.75) is 26.0 Å². The van der Waals surface area contributed by atoms with Crippen LogP contribution in [0.4, 0.5) is 4.39 Å². The normalized spacial score (nSPS) is 12.5.